The lowest BCUT2D eigenvalue weighted by molar-refractivity contribution is -0.148. The van der Waals surface area contributed by atoms with Crippen molar-refractivity contribution in [3.8, 4) is 0 Å². The van der Waals surface area contributed by atoms with E-state index < -0.39 is 23.2 Å². The number of carbonyl (C=O) groups excluding carboxylic acids is 3. The molecular weight excluding hydrogens is 294 g/mol. The van der Waals surface area contributed by atoms with Gasteiger partial charge in [0.05, 0.1) is 18.3 Å². The molecule has 1 aliphatic rings. The summed E-state index contributed by atoms with van der Waals surface area (Å²) < 4.78 is 9.65. The van der Waals surface area contributed by atoms with Gasteiger partial charge in [-0.15, -0.1) is 0 Å². The molecule has 0 aromatic carbocycles. The van der Waals surface area contributed by atoms with Gasteiger partial charge in [0, 0.05) is 0 Å². The van der Waals surface area contributed by atoms with E-state index in [0.29, 0.717) is 5.76 Å². The van der Waals surface area contributed by atoms with E-state index in [1.165, 1.54) is 26.4 Å². The van der Waals surface area contributed by atoms with Gasteiger partial charge in [0.2, 0.25) is 0 Å². The summed E-state index contributed by atoms with van der Waals surface area (Å²) in [6.45, 7) is 1.45. The first-order valence-electron chi connectivity index (χ1n) is 6.09. The predicted molar refractivity (Wildman–Crippen MR) is 77.1 cm³/mol. The highest BCUT2D eigenvalue weighted by Gasteiger charge is 2.40. The fourth-order valence-corrected chi connectivity index (χ4v) is 2.58. The molecule has 1 aromatic heterocycles. The molecule has 1 saturated heterocycles. The highest BCUT2D eigenvalue weighted by atomic mass is 32.2. The van der Waals surface area contributed by atoms with Crippen LogP contribution >= 0.6 is 11.8 Å². The Morgan fingerprint density at radius 1 is 1.48 bits per heavy atom. The standard InChI is InChI=1S/C14H13NO5S/c1-9(13(17)19-2)15-12(16)11(21-14(15)18)7-3-5-10-6-4-8-20-10/h3-9H,1-2H3/b5-3+,11-7+. The Balaban J connectivity index is 2.12. The summed E-state index contributed by atoms with van der Waals surface area (Å²) in [5, 5.41) is -0.490. The maximum Gasteiger partial charge on any atom is 0.328 e. The van der Waals surface area contributed by atoms with Crippen LogP contribution in [0.15, 0.2) is 39.9 Å². The molecule has 110 valence electrons. The minimum Gasteiger partial charge on any atom is -0.467 e. The second-order valence-electron chi connectivity index (χ2n) is 4.15. The summed E-state index contributed by atoms with van der Waals surface area (Å²) >= 11 is 0.784. The van der Waals surface area contributed by atoms with Gasteiger partial charge in [0.15, 0.2) is 0 Å². The van der Waals surface area contributed by atoms with Crippen LogP contribution in [0.4, 0.5) is 4.79 Å². The van der Waals surface area contributed by atoms with Crippen LogP contribution in [-0.2, 0) is 14.3 Å². The fourth-order valence-electron chi connectivity index (χ4n) is 1.72. The molecule has 2 heterocycles. The largest absolute Gasteiger partial charge is 0.467 e. The maximum absolute atomic E-state index is 12.1. The van der Waals surface area contributed by atoms with E-state index in [0.717, 1.165) is 16.7 Å². The van der Waals surface area contributed by atoms with E-state index in [4.69, 9.17) is 4.42 Å². The van der Waals surface area contributed by atoms with Gasteiger partial charge < -0.3 is 9.15 Å². The number of ether oxygens (including phenoxy) is 1. The van der Waals surface area contributed by atoms with Crippen molar-refractivity contribution in [1.29, 1.82) is 0 Å². The van der Waals surface area contributed by atoms with Crippen LogP contribution in [0.25, 0.3) is 6.08 Å². The SMILES string of the molecule is COC(=O)C(C)N1C(=O)S/C(=C/C=C/c2ccco2)C1=O. The Labute approximate surface area is 125 Å². The molecule has 0 bridgehead atoms. The number of hydrogen-bond acceptors (Lipinski definition) is 6. The van der Waals surface area contributed by atoms with Gasteiger partial charge in [-0.25, -0.2) is 4.79 Å². The highest BCUT2D eigenvalue weighted by Crippen LogP contribution is 2.32. The molecule has 21 heavy (non-hydrogen) atoms. The fraction of sp³-hybridized carbons (Fsp3) is 0.214. The molecule has 1 fully saturated rings. The molecule has 1 atom stereocenters. The van der Waals surface area contributed by atoms with E-state index in [1.807, 2.05) is 0 Å². The third-order valence-corrected chi connectivity index (χ3v) is 3.71. The summed E-state index contributed by atoms with van der Waals surface area (Å²) in [6.07, 6.45) is 6.32. The lowest BCUT2D eigenvalue weighted by atomic mass is 10.3. The van der Waals surface area contributed by atoms with Crippen molar-refractivity contribution in [2.45, 2.75) is 13.0 Å². The van der Waals surface area contributed by atoms with Crippen LogP contribution in [0.2, 0.25) is 0 Å². The van der Waals surface area contributed by atoms with Crippen LogP contribution < -0.4 is 0 Å². The minimum absolute atomic E-state index is 0.249. The number of nitrogens with zero attached hydrogens (tertiary/aromatic N) is 1. The third-order valence-electron chi connectivity index (χ3n) is 2.80. The number of esters is 1. The van der Waals surface area contributed by atoms with E-state index in [2.05, 4.69) is 4.74 Å². The molecule has 1 unspecified atom stereocenters. The van der Waals surface area contributed by atoms with Crippen LogP contribution in [-0.4, -0.2) is 35.2 Å². The first-order chi connectivity index (χ1) is 10.0. The molecule has 0 radical (unpaired) electrons. The van der Waals surface area contributed by atoms with Crippen LogP contribution in [0.5, 0.6) is 0 Å². The van der Waals surface area contributed by atoms with Gasteiger partial charge in [-0.3, -0.25) is 14.5 Å². The maximum atomic E-state index is 12.1. The molecular formula is C14H13NO5S. The molecule has 6 nitrogen and oxygen atoms in total. The molecule has 7 heteroatoms. The lowest BCUT2D eigenvalue weighted by Crippen LogP contribution is -2.42. The van der Waals surface area contributed by atoms with Crippen molar-refractivity contribution < 1.29 is 23.5 Å². The summed E-state index contributed by atoms with van der Waals surface area (Å²) in [4.78, 5) is 36.5. The second kappa shape index (κ2) is 6.45. The van der Waals surface area contributed by atoms with Crippen LogP contribution in [0.3, 0.4) is 0 Å². The number of imide groups is 1. The van der Waals surface area contributed by atoms with Gasteiger partial charge >= 0.3 is 5.97 Å². The zero-order valence-electron chi connectivity index (χ0n) is 11.4. The molecule has 0 spiro atoms. The van der Waals surface area contributed by atoms with Crippen LogP contribution in [0, 0.1) is 0 Å². The smallest absolute Gasteiger partial charge is 0.328 e. The van der Waals surface area contributed by atoms with Crippen molar-refractivity contribution in [2.75, 3.05) is 7.11 Å². The Kier molecular flexibility index (Phi) is 4.64. The van der Waals surface area contributed by atoms with E-state index in [-0.39, 0.29) is 4.91 Å². The average Bonchev–Trinajstić information content (AvgIpc) is 3.07. The summed E-state index contributed by atoms with van der Waals surface area (Å²) in [7, 11) is 1.21. The number of rotatable bonds is 4. The summed E-state index contributed by atoms with van der Waals surface area (Å²) in [5.41, 5.74) is 0. The zero-order valence-corrected chi connectivity index (χ0v) is 12.3. The number of furan rings is 1. The Morgan fingerprint density at radius 2 is 2.24 bits per heavy atom. The van der Waals surface area contributed by atoms with Gasteiger partial charge in [0.1, 0.15) is 11.8 Å². The zero-order chi connectivity index (χ0) is 15.4. The lowest BCUT2D eigenvalue weighted by Gasteiger charge is -2.18. The van der Waals surface area contributed by atoms with Gasteiger partial charge in [-0.1, -0.05) is 6.08 Å². The quantitative estimate of drug-likeness (QED) is 0.628. The summed E-state index contributed by atoms with van der Waals surface area (Å²) in [5.74, 6) is -0.509. The summed E-state index contributed by atoms with van der Waals surface area (Å²) in [6, 6.07) is 2.56. The first kappa shape index (κ1) is 15.1. The van der Waals surface area contributed by atoms with Gasteiger partial charge in [-0.2, -0.15) is 0 Å². The van der Waals surface area contributed by atoms with Gasteiger partial charge in [-0.05, 0) is 43.0 Å². The second-order valence-corrected chi connectivity index (χ2v) is 5.14. The first-order valence-corrected chi connectivity index (χ1v) is 6.91. The van der Waals surface area contributed by atoms with Crippen molar-refractivity contribution in [3.63, 3.8) is 0 Å². The van der Waals surface area contributed by atoms with Crippen molar-refractivity contribution in [2.24, 2.45) is 0 Å². The van der Waals surface area contributed by atoms with Crippen molar-refractivity contribution in [1.82, 2.24) is 4.90 Å². The van der Waals surface area contributed by atoms with Crippen molar-refractivity contribution in [3.05, 3.63) is 41.2 Å². The number of amides is 2. The monoisotopic (exact) mass is 307 g/mol. The van der Waals surface area contributed by atoms with E-state index in [1.54, 1.807) is 24.3 Å². The topological polar surface area (TPSA) is 76.8 Å². The Hall–Kier alpha value is -2.28. The number of allylic oxidation sites excluding steroid dienone is 2. The Morgan fingerprint density at radius 3 is 2.86 bits per heavy atom. The van der Waals surface area contributed by atoms with E-state index in [9.17, 15) is 14.4 Å². The normalized spacial score (nSPS) is 18.8. The highest BCUT2D eigenvalue weighted by molar-refractivity contribution is 8.18. The number of hydrogen-bond donors (Lipinski definition) is 0. The molecule has 0 saturated carbocycles. The van der Waals surface area contributed by atoms with Gasteiger partial charge in [0.25, 0.3) is 11.1 Å². The molecule has 2 rings (SSSR count). The molecule has 0 aliphatic carbocycles. The predicted octanol–water partition coefficient (Wildman–Crippen LogP) is 2.43. The molecule has 1 aliphatic heterocycles. The molecule has 1 aromatic rings. The van der Waals surface area contributed by atoms with E-state index >= 15 is 0 Å². The number of thioether (sulfide) groups is 1. The third kappa shape index (κ3) is 3.25. The van der Waals surface area contributed by atoms with Crippen LogP contribution in [0.1, 0.15) is 12.7 Å². The molecule has 2 amide bonds. The molecule has 0 N–H and O–H groups in total. The van der Waals surface area contributed by atoms with Crippen molar-refractivity contribution >= 4 is 35.0 Å². The average molecular weight is 307 g/mol. The Bertz CT molecular complexity index is 617. The number of carbonyl (C=O) groups is 3. The minimum atomic E-state index is -0.942. The number of methoxy groups -OCH3 is 1.